The van der Waals surface area contributed by atoms with Crippen LogP contribution in [0.1, 0.15) is 36.8 Å². The first-order chi connectivity index (χ1) is 13.7. The van der Waals surface area contributed by atoms with Gasteiger partial charge in [0, 0.05) is 49.9 Å². The fraction of sp³-hybridized carbons (Fsp3) is 0.381. The van der Waals surface area contributed by atoms with E-state index in [1.165, 1.54) is 0 Å². The number of amides is 1. The Labute approximate surface area is 188 Å². The van der Waals surface area contributed by atoms with Crippen LogP contribution in [0.15, 0.2) is 47.6 Å². The number of para-hydroxylation sites is 1. The molecule has 1 amide bonds. The maximum absolute atomic E-state index is 12.0. The van der Waals surface area contributed by atoms with Crippen molar-refractivity contribution in [3.8, 4) is 5.88 Å². The summed E-state index contributed by atoms with van der Waals surface area (Å²) < 4.78 is 5.70. The highest BCUT2D eigenvalue weighted by molar-refractivity contribution is 14.0. The lowest BCUT2D eigenvalue weighted by Crippen LogP contribution is -2.40. The number of fused-ring (bicyclic) bond motifs is 1. The third kappa shape index (κ3) is 6.31. The van der Waals surface area contributed by atoms with E-state index in [0.29, 0.717) is 38.0 Å². The summed E-state index contributed by atoms with van der Waals surface area (Å²) in [6.07, 6.45) is 3.12. The predicted octanol–water partition coefficient (Wildman–Crippen LogP) is 3.28. The van der Waals surface area contributed by atoms with Gasteiger partial charge in [0.1, 0.15) is 0 Å². The number of nitrogens with zero attached hydrogens (tertiary/aromatic N) is 2. The molecule has 1 aliphatic rings. The van der Waals surface area contributed by atoms with Crippen LogP contribution in [0, 0.1) is 0 Å². The van der Waals surface area contributed by atoms with E-state index in [1.807, 2.05) is 30.3 Å². The average Bonchev–Trinajstić information content (AvgIpc) is 2.72. The van der Waals surface area contributed by atoms with Crippen molar-refractivity contribution in [2.24, 2.45) is 4.99 Å². The highest BCUT2D eigenvalue weighted by Crippen LogP contribution is 2.31. The number of rotatable bonds is 7. The number of ether oxygens (including phenoxy) is 1. The van der Waals surface area contributed by atoms with Gasteiger partial charge in [-0.1, -0.05) is 31.2 Å². The summed E-state index contributed by atoms with van der Waals surface area (Å²) in [5.41, 5.74) is 3.01. The number of carbonyl (C=O) groups excluding carboxylic acids is 1. The standard InChI is InChI=1S/C21H27N5O2.HI/c1-3-11-28-20-15(7-6-10-23-20)13-24-21(22-2)25-14-16-12-19(27)26-18-9-5-4-8-17(16)18;/h4-10,16H,3,11-14H2,1-2H3,(H,26,27)(H2,22,24,25);1H. The van der Waals surface area contributed by atoms with Crippen LogP contribution in [0.2, 0.25) is 0 Å². The van der Waals surface area contributed by atoms with Crippen LogP contribution in [-0.2, 0) is 11.3 Å². The van der Waals surface area contributed by atoms with E-state index in [0.717, 1.165) is 23.2 Å². The van der Waals surface area contributed by atoms with Crippen molar-refractivity contribution in [1.82, 2.24) is 15.6 Å². The number of guanidine groups is 1. The second kappa shape index (κ2) is 11.6. The maximum atomic E-state index is 12.0. The molecule has 156 valence electrons. The molecule has 3 N–H and O–H groups in total. The van der Waals surface area contributed by atoms with Crippen molar-refractivity contribution in [3.63, 3.8) is 0 Å². The van der Waals surface area contributed by atoms with Crippen molar-refractivity contribution in [2.45, 2.75) is 32.2 Å². The number of hydrogen-bond donors (Lipinski definition) is 3. The first-order valence-corrected chi connectivity index (χ1v) is 9.61. The Hall–Kier alpha value is -2.36. The molecule has 0 aliphatic carbocycles. The Bertz CT molecular complexity index is 843. The van der Waals surface area contributed by atoms with Crippen molar-refractivity contribution in [2.75, 3.05) is 25.5 Å². The predicted molar refractivity (Wildman–Crippen MR) is 126 cm³/mol. The van der Waals surface area contributed by atoms with Gasteiger partial charge in [-0.15, -0.1) is 24.0 Å². The highest BCUT2D eigenvalue weighted by Gasteiger charge is 2.24. The zero-order chi connectivity index (χ0) is 19.8. The number of benzene rings is 1. The van der Waals surface area contributed by atoms with E-state index in [-0.39, 0.29) is 35.8 Å². The lowest BCUT2D eigenvalue weighted by atomic mass is 9.90. The number of carbonyl (C=O) groups is 1. The minimum atomic E-state index is 0. The molecule has 0 bridgehead atoms. The summed E-state index contributed by atoms with van der Waals surface area (Å²) in [5.74, 6) is 1.46. The molecule has 0 fully saturated rings. The molecule has 1 unspecified atom stereocenters. The lowest BCUT2D eigenvalue weighted by molar-refractivity contribution is -0.116. The third-order valence-electron chi connectivity index (χ3n) is 4.59. The molecule has 0 spiro atoms. The molecule has 2 aromatic rings. The molecule has 0 saturated carbocycles. The maximum Gasteiger partial charge on any atom is 0.225 e. The zero-order valence-electron chi connectivity index (χ0n) is 16.8. The Balaban J connectivity index is 0.00000300. The summed E-state index contributed by atoms with van der Waals surface area (Å²) >= 11 is 0. The number of anilines is 1. The Morgan fingerprint density at radius 3 is 2.90 bits per heavy atom. The first kappa shape index (κ1) is 22.9. The van der Waals surface area contributed by atoms with Gasteiger partial charge >= 0.3 is 0 Å². The highest BCUT2D eigenvalue weighted by atomic mass is 127. The zero-order valence-corrected chi connectivity index (χ0v) is 19.1. The van der Waals surface area contributed by atoms with E-state index in [2.05, 4.69) is 38.9 Å². The van der Waals surface area contributed by atoms with Crippen LogP contribution in [0.25, 0.3) is 0 Å². The van der Waals surface area contributed by atoms with Crippen LogP contribution in [0.4, 0.5) is 5.69 Å². The molecule has 3 rings (SSSR count). The van der Waals surface area contributed by atoms with E-state index >= 15 is 0 Å². The lowest BCUT2D eigenvalue weighted by Gasteiger charge is -2.26. The largest absolute Gasteiger partial charge is 0.477 e. The number of aromatic nitrogens is 1. The second-order valence-electron chi connectivity index (χ2n) is 6.66. The Morgan fingerprint density at radius 1 is 1.28 bits per heavy atom. The van der Waals surface area contributed by atoms with Gasteiger partial charge in [-0.25, -0.2) is 4.98 Å². The Morgan fingerprint density at radius 2 is 2.10 bits per heavy atom. The van der Waals surface area contributed by atoms with Crippen LogP contribution in [0.5, 0.6) is 5.88 Å². The summed E-state index contributed by atoms with van der Waals surface area (Å²) in [7, 11) is 1.73. The third-order valence-corrected chi connectivity index (χ3v) is 4.59. The molecule has 1 aromatic carbocycles. The molecule has 0 saturated heterocycles. The van der Waals surface area contributed by atoms with Crippen molar-refractivity contribution in [3.05, 3.63) is 53.7 Å². The van der Waals surface area contributed by atoms with Gasteiger partial charge in [0.05, 0.1) is 6.61 Å². The van der Waals surface area contributed by atoms with Gasteiger partial charge in [-0.3, -0.25) is 9.79 Å². The van der Waals surface area contributed by atoms with E-state index < -0.39 is 0 Å². The summed E-state index contributed by atoms with van der Waals surface area (Å²) in [6, 6.07) is 11.8. The van der Waals surface area contributed by atoms with Gasteiger partial charge < -0.3 is 20.7 Å². The molecule has 1 aromatic heterocycles. The average molecular weight is 509 g/mol. The first-order valence-electron chi connectivity index (χ1n) is 9.61. The topological polar surface area (TPSA) is 87.6 Å². The van der Waals surface area contributed by atoms with Gasteiger partial charge in [0.25, 0.3) is 0 Å². The number of hydrogen-bond acceptors (Lipinski definition) is 4. The molecular formula is C21H28IN5O2. The summed E-state index contributed by atoms with van der Waals surface area (Å²) in [6.45, 7) is 3.88. The molecule has 1 aliphatic heterocycles. The van der Waals surface area contributed by atoms with Crippen LogP contribution in [0.3, 0.4) is 0 Å². The van der Waals surface area contributed by atoms with Crippen molar-refractivity contribution in [1.29, 1.82) is 0 Å². The smallest absolute Gasteiger partial charge is 0.225 e. The molecule has 0 radical (unpaired) electrons. The van der Waals surface area contributed by atoms with Crippen molar-refractivity contribution >= 4 is 41.5 Å². The molecular weight excluding hydrogens is 481 g/mol. The molecule has 2 heterocycles. The van der Waals surface area contributed by atoms with Gasteiger partial charge in [0.15, 0.2) is 5.96 Å². The van der Waals surface area contributed by atoms with E-state index in [1.54, 1.807) is 13.2 Å². The van der Waals surface area contributed by atoms with Crippen LogP contribution in [-0.4, -0.2) is 37.1 Å². The SMILES string of the molecule is CCCOc1ncccc1CNC(=NC)NCC1CC(=O)Nc2ccccc21.I. The number of nitrogens with one attached hydrogen (secondary N) is 3. The van der Waals surface area contributed by atoms with Crippen LogP contribution < -0.4 is 20.7 Å². The molecule has 29 heavy (non-hydrogen) atoms. The summed E-state index contributed by atoms with van der Waals surface area (Å²) in [4.78, 5) is 20.6. The number of pyridine rings is 1. The fourth-order valence-electron chi connectivity index (χ4n) is 3.19. The summed E-state index contributed by atoms with van der Waals surface area (Å²) in [5, 5.41) is 9.55. The second-order valence-corrected chi connectivity index (χ2v) is 6.66. The van der Waals surface area contributed by atoms with Gasteiger partial charge in [0.2, 0.25) is 11.8 Å². The van der Waals surface area contributed by atoms with E-state index in [4.69, 9.17) is 4.74 Å². The molecule has 7 nitrogen and oxygen atoms in total. The minimum absolute atomic E-state index is 0. The minimum Gasteiger partial charge on any atom is -0.477 e. The quantitative estimate of drug-likeness (QED) is 0.303. The normalized spacial score (nSPS) is 15.6. The number of aliphatic imine (C=N–C) groups is 1. The number of halogens is 1. The van der Waals surface area contributed by atoms with Gasteiger partial charge in [-0.05, 0) is 24.1 Å². The fourth-order valence-corrected chi connectivity index (χ4v) is 3.19. The van der Waals surface area contributed by atoms with Gasteiger partial charge in [-0.2, -0.15) is 0 Å². The van der Waals surface area contributed by atoms with Crippen LogP contribution >= 0.6 is 24.0 Å². The Kier molecular flexibility index (Phi) is 9.17. The monoisotopic (exact) mass is 509 g/mol. The molecule has 1 atom stereocenters. The van der Waals surface area contributed by atoms with Crippen molar-refractivity contribution < 1.29 is 9.53 Å². The molecule has 8 heteroatoms. The van der Waals surface area contributed by atoms with E-state index in [9.17, 15) is 4.79 Å².